The molecule has 0 aliphatic heterocycles. The van der Waals surface area contributed by atoms with Gasteiger partial charge in [-0.2, -0.15) is 28.1 Å². The standard InChI is InChI=1S/C17H28F3N7O3/c1-15(2,3)26-10(28)7-21-12-23-13(22-8-11(29)27-16(4,5)6)25-14(24-12)30-9-17(18,19)20/h7-9H2,1-6H3,(H,26,28)(H,27,29)(H2,21,22,23,24,25). The molecular weight excluding hydrogens is 407 g/mol. The molecule has 0 atom stereocenters. The van der Waals surface area contributed by atoms with E-state index in [0.29, 0.717) is 0 Å². The topological polar surface area (TPSA) is 130 Å². The van der Waals surface area contributed by atoms with Gasteiger partial charge in [-0.3, -0.25) is 9.59 Å². The summed E-state index contributed by atoms with van der Waals surface area (Å²) < 4.78 is 41.9. The summed E-state index contributed by atoms with van der Waals surface area (Å²) in [6, 6.07) is -0.611. The zero-order chi connectivity index (χ0) is 23.2. The Labute approximate surface area is 172 Å². The maximum absolute atomic E-state index is 12.4. The molecule has 4 N–H and O–H groups in total. The molecule has 2 amide bonds. The molecule has 1 rings (SSSR count). The van der Waals surface area contributed by atoms with Crippen molar-refractivity contribution in [2.24, 2.45) is 0 Å². The van der Waals surface area contributed by atoms with Gasteiger partial charge in [-0.1, -0.05) is 0 Å². The fraction of sp³-hybridized carbons (Fsp3) is 0.706. The van der Waals surface area contributed by atoms with Gasteiger partial charge in [0.2, 0.25) is 23.7 Å². The van der Waals surface area contributed by atoms with E-state index in [1.165, 1.54) is 0 Å². The summed E-state index contributed by atoms with van der Waals surface area (Å²) >= 11 is 0. The Morgan fingerprint density at radius 2 is 1.20 bits per heavy atom. The number of halogens is 3. The second-order valence-corrected chi connectivity index (χ2v) is 8.47. The number of alkyl halides is 3. The number of hydrogen-bond donors (Lipinski definition) is 4. The monoisotopic (exact) mass is 435 g/mol. The zero-order valence-electron chi connectivity index (χ0n) is 17.8. The predicted octanol–water partition coefficient (Wildman–Crippen LogP) is 1.47. The van der Waals surface area contributed by atoms with Crippen LogP contribution in [0.3, 0.4) is 0 Å². The molecule has 0 unspecified atom stereocenters. The molecule has 0 saturated heterocycles. The van der Waals surface area contributed by atoms with Crippen molar-refractivity contribution >= 4 is 23.7 Å². The molecular formula is C17H28F3N7O3. The first kappa shape index (κ1) is 25.2. The molecule has 0 aromatic carbocycles. The van der Waals surface area contributed by atoms with Crippen LogP contribution in [0.5, 0.6) is 6.01 Å². The number of aromatic nitrogens is 3. The number of anilines is 2. The lowest BCUT2D eigenvalue weighted by molar-refractivity contribution is -0.154. The minimum Gasteiger partial charge on any atom is -0.454 e. The van der Waals surface area contributed by atoms with Crippen LogP contribution in [0.1, 0.15) is 41.5 Å². The van der Waals surface area contributed by atoms with Crippen molar-refractivity contribution in [3.05, 3.63) is 0 Å². The summed E-state index contributed by atoms with van der Waals surface area (Å²) in [7, 11) is 0. The summed E-state index contributed by atoms with van der Waals surface area (Å²) in [5, 5.41) is 10.6. The van der Waals surface area contributed by atoms with E-state index in [9.17, 15) is 22.8 Å². The molecule has 30 heavy (non-hydrogen) atoms. The maximum Gasteiger partial charge on any atom is 0.422 e. The van der Waals surface area contributed by atoms with Gasteiger partial charge in [0, 0.05) is 11.1 Å². The van der Waals surface area contributed by atoms with Gasteiger partial charge in [0.25, 0.3) is 0 Å². The highest BCUT2D eigenvalue weighted by atomic mass is 19.4. The van der Waals surface area contributed by atoms with E-state index in [-0.39, 0.29) is 36.8 Å². The number of amides is 2. The fourth-order valence-electron chi connectivity index (χ4n) is 1.97. The molecule has 13 heteroatoms. The zero-order valence-corrected chi connectivity index (χ0v) is 17.8. The largest absolute Gasteiger partial charge is 0.454 e. The quantitative estimate of drug-likeness (QED) is 0.483. The van der Waals surface area contributed by atoms with Gasteiger partial charge < -0.3 is 26.0 Å². The normalized spacial score (nSPS) is 12.2. The van der Waals surface area contributed by atoms with Crippen LogP contribution in [-0.2, 0) is 9.59 Å². The van der Waals surface area contributed by atoms with Gasteiger partial charge in [-0.05, 0) is 41.5 Å². The van der Waals surface area contributed by atoms with E-state index in [4.69, 9.17) is 0 Å². The highest BCUT2D eigenvalue weighted by Gasteiger charge is 2.29. The van der Waals surface area contributed by atoms with Crippen LogP contribution in [0, 0.1) is 0 Å². The number of ether oxygens (including phenoxy) is 1. The number of carbonyl (C=O) groups excluding carboxylic acids is 2. The summed E-state index contributed by atoms with van der Waals surface area (Å²) in [4.78, 5) is 35.2. The first-order chi connectivity index (χ1) is 13.5. The molecule has 0 aliphatic rings. The third kappa shape index (κ3) is 11.9. The lowest BCUT2D eigenvalue weighted by atomic mass is 10.1. The van der Waals surface area contributed by atoms with E-state index < -0.39 is 29.9 Å². The molecule has 1 aromatic rings. The summed E-state index contributed by atoms with van der Waals surface area (Å²) in [5.41, 5.74) is -0.933. The molecule has 170 valence electrons. The SMILES string of the molecule is CC(C)(C)NC(=O)CNc1nc(NCC(=O)NC(C)(C)C)nc(OCC(F)(F)F)n1. The van der Waals surface area contributed by atoms with E-state index >= 15 is 0 Å². The average molecular weight is 435 g/mol. The van der Waals surface area contributed by atoms with Crippen molar-refractivity contribution in [3.63, 3.8) is 0 Å². The molecule has 0 fully saturated rings. The maximum atomic E-state index is 12.4. The Balaban J connectivity index is 2.88. The van der Waals surface area contributed by atoms with Gasteiger partial charge >= 0.3 is 12.2 Å². The van der Waals surface area contributed by atoms with Gasteiger partial charge in [-0.15, -0.1) is 0 Å². The predicted molar refractivity (Wildman–Crippen MR) is 104 cm³/mol. The number of rotatable bonds is 8. The number of nitrogens with one attached hydrogen (secondary N) is 4. The van der Waals surface area contributed by atoms with Crippen LogP contribution in [0.4, 0.5) is 25.1 Å². The molecule has 1 heterocycles. The van der Waals surface area contributed by atoms with Gasteiger partial charge in [0.05, 0.1) is 13.1 Å². The van der Waals surface area contributed by atoms with Crippen LogP contribution in [-0.4, -0.2) is 63.7 Å². The third-order valence-electron chi connectivity index (χ3n) is 2.82. The Morgan fingerprint density at radius 1 is 0.800 bits per heavy atom. The van der Waals surface area contributed by atoms with E-state index in [0.717, 1.165) is 0 Å². The van der Waals surface area contributed by atoms with Crippen LogP contribution in [0.2, 0.25) is 0 Å². The molecule has 0 spiro atoms. The number of carbonyl (C=O) groups is 2. The minimum atomic E-state index is -4.59. The van der Waals surface area contributed by atoms with E-state index in [2.05, 4.69) is 41.0 Å². The highest BCUT2D eigenvalue weighted by molar-refractivity contribution is 5.81. The minimum absolute atomic E-state index is 0.190. The Morgan fingerprint density at radius 3 is 1.53 bits per heavy atom. The second kappa shape index (κ2) is 9.76. The molecule has 0 aliphatic carbocycles. The van der Waals surface area contributed by atoms with Gasteiger partial charge in [0.15, 0.2) is 6.61 Å². The summed E-state index contributed by atoms with van der Waals surface area (Å²) in [5.74, 6) is -1.13. The molecule has 1 aromatic heterocycles. The smallest absolute Gasteiger partial charge is 0.422 e. The first-order valence-electron chi connectivity index (χ1n) is 9.08. The molecule has 0 saturated carbocycles. The molecule has 0 radical (unpaired) electrons. The van der Waals surface area contributed by atoms with Crippen molar-refractivity contribution < 1.29 is 27.5 Å². The van der Waals surface area contributed by atoms with Crippen LogP contribution in [0.15, 0.2) is 0 Å². The Kier molecular flexibility index (Phi) is 8.19. The highest BCUT2D eigenvalue weighted by Crippen LogP contribution is 2.17. The van der Waals surface area contributed by atoms with E-state index in [1.54, 1.807) is 41.5 Å². The first-order valence-corrected chi connectivity index (χ1v) is 9.08. The second-order valence-electron chi connectivity index (χ2n) is 8.47. The molecule has 10 nitrogen and oxygen atoms in total. The summed E-state index contributed by atoms with van der Waals surface area (Å²) in [6.45, 7) is 8.69. The molecule has 0 bridgehead atoms. The fourth-order valence-corrected chi connectivity index (χ4v) is 1.97. The van der Waals surface area contributed by atoms with Crippen LogP contribution in [0.25, 0.3) is 0 Å². The number of nitrogens with zero attached hydrogens (tertiary/aromatic N) is 3. The van der Waals surface area contributed by atoms with E-state index in [1.807, 2.05) is 0 Å². The van der Waals surface area contributed by atoms with Crippen molar-refractivity contribution in [1.82, 2.24) is 25.6 Å². The van der Waals surface area contributed by atoms with Crippen LogP contribution >= 0.6 is 0 Å². The van der Waals surface area contributed by atoms with Crippen LogP contribution < -0.4 is 26.0 Å². The third-order valence-corrected chi connectivity index (χ3v) is 2.82. The lowest BCUT2D eigenvalue weighted by Crippen LogP contribution is -2.43. The lowest BCUT2D eigenvalue weighted by Gasteiger charge is -2.21. The van der Waals surface area contributed by atoms with Gasteiger partial charge in [0.1, 0.15) is 0 Å². The van der Waals surface area contributed by atoms with Crippen molar-refractivity contribution in [2.45, 2.75) is 58.8 Å². The Hall–Kier alpha value is -2.86. The average Bonchev–Trinajstić information content (AvgIpc) is 2.53. The summed E-state index contributed by atoms with van der Waals surface area (Å²) in [6.07, 6.45) is -4.59. The van der Waals surface area contributed by atoms with Crippen molar-refractivity contribution in [2.75, 3.05) is 30.3 Å². The number of hydrogen-bond acceptors (Lipinski definition) is 8. The van der Waals surface area contributed by atoms with Gasteiger partial charge in [-0.25, -0.2) is 0 Å². The van der Waals surface area contributed by atoms with Crippen molar-refractivity contribution in [1.29, 1.82) is 0 Å². The van der Waals surface area contributed by atoms with Crippen molar-refractivity contribution in [3.8, 4) is 6.01 Å². The Bertz CT molecular complexity index is 693.